The molecule has 1 aliphatic carbocycles. The van der Waals surface area contributed by atoms with E-state index in [1.54, 1.807) is 0 Å². The Labute approximate surface area is 88.1 Å². The summed E-state index contributed by atoms with van der Waals surface area (Å²) in [4.78, 5) is 0. The fraction of sp³-hybridized carbons (Fsp3) is 1.00. The Kier molecular flexibility index (Phi) is 3.27. The van der Waals surface area contributed by atoms with Crippen LogP contribution in [0, 0.1) is 5.92 Å². The SMILES string of the molecule is BrCC[C@@H]1CCCC2(C1)OCCO2. The minimum absolute atomic E-state index is 0.176. The van der Waals surface area contributed by atoms with Crippen molar-refractivity contribution in [2.75, 3.05) is 18.5 Å². The van der Waals surface area contributed by atoms with Crippen LogP contribution >= 0.6 is 15.9 Å². The molecule has 1 saturated heterocycles. The molecule has 1 aliphatic heterocycles. The molecule has 0 amide bonds. The van der Waals surface area contributed by atoms with Crippen molar-refractivity contribution in [2.24, 2.45) is 5.92 Å². The lowest BCUT2D eigenvalue weighted by Gasteiger charge is -2.36. The zero-order valence-electron chi connectivity index (χ0n) is 7.93. The van der Waals surface area contributed by atoms with Crippen molar-refractivity contribution < 1.29 is 9.47 Å². The lowest BCUT2D eigenvalue weighted by atomic mass is 9.83. The van der Waals surface area contributed by atoms with Gasteiger partial charge in [-0.1, -0.05) is 22.4 Å². The summed E-state index contributed by atoms with van der Waals surface area (Å²) in [5.74, 6) is 0.622. The van der Waals surface area contributed by atoms with E-state index in [1.165, 1.54) is 19.3 Å². The largest absolute Gasteiger partial charge is 0.348 e. The van der Waals surface area contributed by atoms with Crippen LogP contribution in [0.2, 0.25) is 0 Å². The molecule has 0 radical (unpaired) electrons. The van der Waals surface area contributed by atoms with Crippen molar-refractivity contribution >= 4 is 15.9 Å². The third-order valence-electron chi connectivity index (χ3n) is 3.10. The van der Waals surface area contributed by atoms with Crippen LogP contribution in [0.1, 0.15) is 32.1 Å². The predicted octanol–water partition coefficient (Wildman–Crippen LogP) is 2.70. The highest BCUT2D eigenvalue weighted by Gasteiger charge is 2.40. The molecule has 0 unspecified atom stereocenters. The van der Waals surface area contributed by atoms with Gasteiger partial charge in [-0.25, -0.2) is 0 Å². The number of halogens is 1. The molecule has 0 aromatic heterocycles. The molecule has 0 aromatic rings. The fourth-order valence-corrected chi connectivity index (χ4v) is 3.11. The standard InChI is InChI=1S/C10H17BrO2/c11-5-3-9-2-1-4-10(8-9)12-6-7-13-10/h9H,1-8H2/t9-/m0/s1. The van der Waals surface area contributed by atoms with Crippen LogP contribution in [0.3, 0.4) is 0 Å². The van der Waals surface area contributed by atoms with Gasteiger partial charge in [-0.05, 0) is 18.8 Å². The van der Waals surface area contributed by atoms with Crippen molar-refractivity contribution in [1.82, 2.24) is 0 Å². The van der Waals surface area contributed by atoms with Gasteiger partial charge in [0.1, 0.15) is 0 Å². The number of hydrogen-bond donors (Lipinski definition) is 0. The second-order valence-electron chi connectivity index (χ2n) is 4.05. The number of hydrogen-bond acceptors (Lipinski definition) is 2. The highest BCUT2D eigenvalue weighted by atomic mass is 79.9. The Balaban J connectivity index is 1.90. The van der Waals surface area contributed by atoms with Gasteiger partial charge in [0.2, 0.25) is 0 Å². The predicted molar refractivity (Wildman–Crippen MR) is 55.0 cm³/mol. The first-order valence-corrected chi connectivity index (χ1v) is 6.31. The molecule has 1 atom stereocenters. The molecule has 1 spiro atoms. The molecule has 2 rings (SSSR count). The average molecular weight is 249 g/mol. The first-order chi connectivity index (χ1) is 6.35. The van der Waals surface area contributed by atoms with E-state index in [4.69, 9.17) is 9.47 Å². The zero-order valence-corrected chi connectivity index (χ0v) is 9.51. The summed E-state index contributed by atoms with van der Waals surface area (Å²) >= 11 is 3.50. The summed E-state index contributed by atoms with van der Waals surface area (Å²) in [7, 11) is 0. The molecule has 2 aliphatic rings. The molecule has 0 N–H and O–H groups in total. The van der Waals surface area contributed by atoms with Crippen molar-refractivity contribution in [2.45, 2.75) is 37.9 Å². The van der Waals surface area contributed by atoms with E-state index in [1.807, 2.05) is 0 Å². The highest BCUT2D eigenvalue weighted by molar-refractivity contribution is 9.09. The van der Waals surface area contributed by atoms with Gasteiger partial charge in [-0.3, -0.25) is 0 Å². The van der Waals surface area contributed by atoms with Crippen LogP contribution in [0.5, 0.6) is 0 Å². The normalized spacial score (nSPS) is 32.5. The van der Waals surface area contributed by atoms with Crippen LogP contribution in [0.4, 0.5) is 0 Å². The maximum absolute atomic E-state index is 5.72. The fourth-order valence-electron chi connectivity index (χ4n) is 2.46. The van der Waals surface area contributed by atoms with Crippen LogP contribution in [-0.2, 0) is 9.47 Å². The van der Waals surface area contributed by atoms with Gasteiger partial charge < -0.3 is 9.47 Å². The Morgan fingerprint density at radius 1 is 1.31 bits per heavy atom. The molecule has 1 saturated carbocycles. The average Bonchev–Trinajstić information content (AvgIpc) is 2.54. The molecule has 13 heavy (non-hydrogen) atoms. The molecule has 2 nitrogen and oxygen atoms in total. The molecule has 2 fully saturated rings. The molecule has 76 valence electrons. The second kappa shape index (κ2) is 4.28. The van der Waals surface area contributed by atoms with Crippen LogP contribution in [0.25, 0.3) is 0 Å². The van der Waals surface area contributed by atoms with Crippen molar-refractivity contribution in [1.29, 1.82) is 0 Å². The van der Waals surface area contributed by atoms with E-state index in [0.717, 1.165) is 37.3 Å². The Hall–Kier alpha value is 0.400. The lowest BCUT2D eigenvalue weighted by Crippen LogP contribution is -2.36. The third-order valence-corrected chi connectivity index (χ3v) is 3.56. The van der Waals surface area contributed by atoms with Gasteiger partial charge >= 0.3 is 0 Å². The molecular weight excluding hydrogens is 232 g/mol. The van der Waals surface area contributed by atoms with Crippen LogP contribution in [0.15, 0.2) is 0 Å². The van der Waals surface area contributed by atoms with Gasteiger partial charge in [-0.2, -0.15) is 0 Å². The zero-order chi connectivity index (χ0) is 9.15. The number of rotatable bonds is 2. The second-order valence-corrected chi connectivity index (χ2v) is 4.84. The first-order valence-electron chi connectivity index (χ1n) is 5.18. The lowest BCUT2D eigenvalue weighted by molar-refractivity contribution is -0.186. The van der Waals surface area contributed by atoms with Gasteiger partial charge in [0.25, 0.3) is 0 Å². The maximum atomic E-state index is 5.72. The smallest absolute Gasteiger partial charge is 0.168 e. The first kappa shape index (κ1) is 9.94. The van der Waals surface area contributed by atoms with Gasteiger partial charge in [0, 0.05) is 18.2 Å². The summed E-state index contributed by atoms with van der Waals surface area (Å²) in [5, 5.41) is 1.10. The van der Waals surface area contributed by atoms with E-state index in [2.05, 4.69) is 15.9 Å². The molecular formula is C10H17BrO2. The number of alkyl halides is 1. The van der Waals surface area contributed by atoms with E-state index < -0.39 is 0 Å². The van der Waals surface area contributed by atoms with Crippen molar-refractivity contribution in [3.63, 3.8) is 0 Å². The summed E-state index contributed by atoms with van der Waals surface area (Å²) < 4.78 is 11.4. The van der Waals surface area contributed by atoms with Gasteiger partial charge in [-0.15, -0.1) is 0 Å². The minimum atomic E-state index is -0.176. The Morgan fingerprint density at radius 2 is 2.08 bits per heavy atom. The van der Waals surface area contributed by atoms with Gasteiger partial charge in [0.05, 0.1) is 13.2 Å². The topological polar surface area (TPSA) is 18.5 Å². The molecule has 3 heteroatoms. The molecule has 1 heterocycles. The van der Waals surface area contributed by atoms with Crippen LogP contribution in [-0.4, -0.2) is 24.3 Å². The minimum Gasteiger partial charge on any atom is -0.348 e. The highest BCUT2D eigenvalue weighted by Crippen LogP contribution is 2.39. The molecule has 0 bridgehead atoms. The summed E-state index contributed by atoms with van der Waals surface area (Å²) in [6.45, 7) is 1.59. The quantitative estimate of drug-likeness (QED) is 0.700. The Bertz CT molecular complexity index is 164. The summed E-state index contributed by atoms with van der Waals surface area (Å²) in [6, 6.07) is 0. The van der Waals surface area contributed by atoms with E-state index in [-0.39, 0.29) is 5.79 Å². The van der Waals surface area contributed by atoms with Gasteiger partial charge in [0.15, 0.2) is 5.79 Å². The van der Waals surface area contributed by atoms with Crippen molar-refractivity contribution in [3.8, 4) is 0 Å². The third kappa shape index (κ3) is 2.25. The number of ether oxygens (including phenoxy) is 2. The Morgan fingerprint density at radius 3 is 2.77 bits per heavy atom. The van der Waals surface area contributed by atoms with E-state index >= 15 is 0 Å². The van der Waals surface area contributed by atoms with Crippen LogP contribution < -0.4 is 0 Å². The summed E-state index contributed by atoms with van der Waals surface area (Å²) in [5.41, 5.74) is 0. The molecule has 0 aromatic carbocycles. The monoisotopic (exact) mass is 248 g/mol. The van der Waals surface area contributed by atoms with E-state index in [9.17, 15) is 0 Å². The van der Waals surface area contributed by atoms with Crippen molar-refractivity contribution in [3.05, 3.63) is 0 Å². The summed E-state index contributed by atoms with van der Waals surface area (Å²) in [6.07, 6.45) is 6.08. The maximum Gasteiger partial charge on any atom is 0.168 e. The van der Waals surface area contributed by atoms with E-state index in [0.29, 0.717) is 0 Å².